The summed E-state index contributed by atoms with van der Waals surface area (Å²) in [6, 6.07) is 8.38. The van der Waals surface area contributed by atoms with E-state index in [1.54, 1.807) is 24.3 Å². The molecule has 3 heterocycles. The zero-order valence-electron chi connectivity index (χ0n) is 23.0. The van der Waals surface area contributed by atoms with E-state index in [2.05, 4.69) is 25.4 Å². The number of halogens is 1. The van der Waals surface area contributed by atoms with E-state index in [1.165, 1.54) is 43.5 Å². The number of aromatic nitrogens is 5. The molecule has 1 amide bonds. The number of fused-ring (bicyclic) bond motifs is 1. The first-order valence-corrected chi connectivity index (χ1v) is 12.8. The third-order valence-corrected chi connectivity index (χ3v) is 6.34. The maximum atomic E-state index is 13.5. The monoisotopic (exact) mass is 591 g/mol. The minimum Gasteiger partial charge on any atom is -0.493 e. The molecular formula is C27H26FN9O6. The van der Waals surface area contributed by atoms with Gasteiger partial charge in [-0.3, -0.25) is 20.0 Å². The van der Waals surface area contributed by atoms with E-state index in [4.69, 9.17) is 25.4 Å². The number of nitrogens with zero attached hydrogens (tertiary/aromatic N) is 5. The molecule has 0 bridgehead atoms. The molecule has 0 radical (unpaired) electrons. The highest BCUT2D eigenvalue weighted by Gasteiger charge is 2.31. The number of carbonyl (C=O) groups is 2. The van der Waals surface area contributed by atoms with Crippen LogP contribution in [-0.2, 0) is 9.59 Å². The molecule has 1 aliphatic heterocycles. The fourth-order valence-electron chi connectivity index (χ4n) is 4.50. The van der Waals surface area contributed by atoms with Crippen LogP contribution in [0.25, 0.3) is 5.95 Å². The molecule has 15 nitrogen and oxygen atoms in total. The number of benzene rings is 2. The third-order valence-electron chi connectivity index (χ3n) is 6.34. The molecule has 16 heteroatoms. The summed E-state index contributed by atoms with van der Waals surface area (Å²) in [5.41, 5.74) is 6.28. The standard InChI is InChI=1S/C27H26FN9O6/c1-14(38)43-19-12-16(4-5-17(19)24(29)30)33-22(25-34-27(40)37(35-25)26-31-7-3-8-32-26)15-10-18-23(20(11-15)41-2)42-13-21(39)36(18)9-6-28/h3-5,7-8,10-12,22,33H,6,9,13H2,1-2H3,(H3,29,30)(H,34,35,40). The molecule has 2 aromatic heterocycles. The van der Waals surface area contributed by atoms with Crippen molar-refractivity contribution in [2.75, 3.05) is 37.2 Å². The highest BCUT2D eigenvalue weighted by molar-refractivity contribution is 5.99. The Labute approximate surface area is 242 Å². The van der Waals surface area contributed by atoms with Gasteiger partial charge in [0.25, 0.3) is 11.9 Å². The summed E-state index contributed by atoms with van der Waals surface area (Å²) in [5, 5.41) is 15.5. The van der Waals surface area contributed by atoms with Crippen LogP contribution in [0.15, 0.2) is 53.6 Å². The first-order chi connectivity index (χ1) is 20.7. The highest BCUT2D eigenvalue weighted by Crippen LogP contribution is 2.44. The lowest BCUT2D eigenvalue weighted by Gasteiger charge is -2.31. The fraction of sp³-hybridized carbons (Fsp3) is 0.222. The van der Waals surface area contributed by atoms with Crippen LogP contribution < -0.4 is 35.9 Å². The van der Waals surface area contributed by atoms with Gasteiger partial charge in [-0.2, -0.15) is 0 Å². The highest BCUT2D eigenvalue weighted by atomic mass is 19.1. The molecule has 5 N–H and O–H groups in total. The molecule has 2 aromatic carbocycles. The second-order valence-electron chi connectivity index (χ2n) is 9.17. The Balaban J connectivity index is 1.67. The van der Waals surface area contributed by atoms with E-state index < -0.39 is 30.3 Å². The van der Waals surface area contributed by atoms with Gasteiger partial charge in [-0.1, -0.05) is 0 Å². The first kappa shape index (κ1) is 28.7. The lowest BCUT2D eigenvalue weighted by atomic mass is 10.0. The fourth-order valence-corrected chi connectivity index (χ4v) is 4.50. The summed E-state index contributed by atoms with van der Waals surface area (Å²) in [4.78, 5) is 49.5. The molecule has 1 aliphatic rings. The van der Waals surface area contributed by atoms with Crippen molar-refractivity contribution < 1.29 is 28.2 Å². The zero-order chi connectivity index (χ0) is 30.7. The van der Waals surface area contributed by atoms with Crippen LogP contribution in [0.1, 0.15) is 29.9 Å². The second-order valence-corrected chi connectivity index (χ2v) is 9.17. The predicted octanol–water partition coefficient (Wildman–Crippen LogP) is 1.46. The number of hydrogen-bond acceptors (Lipinski definition) is 11. The van der Waals surface area contributed by atoms with Crippen molar-refractivity contribution >= 4 is 29.1 Å². The summed E-state index contributed by atoms with van der Waals surface area (Å²) in [5.74, 6) is -0.747. The minimum absolute atomic E-state index is 0.0212. The first-order valence-electron chi connectivity index (χ1n) is 12.8. The van der Waals surface area contributed by atoms with Crippen LogP contribution in [-0.4, -0.2) is 69.4 Å². The van der Waals surface area contributed by atoms with Crippen molar-refractivity contribution in [2.45, 2.75) is 13.0 Å². The second kappa shape index (κ2) is 12.0. The normalized spacial score (nSPS) is 13.1. The molecule has 5 rings (SSSR count). The maximum absolute atomic E-state index is 13.5. The third kappa shape index (κ3) is 5.83. The van der Waals surface area contributed by atoms with E-state index >= 15 is 0 Å². The number of nitrogen functional groups attached to an aromatic ring is 1. The molecule has 43 heavy (non-hydrogen) atoms. The topological polar surface area (TPSA) is 203 Å². The smallest absolute Gasteiger partial charge is 0.350 e. The number of nitrogens with two attached hydrogens (primary N) is 1. The number of H-pyrrole nitrogens is 1. The van der Waals surface area contributed by atoms with Crippen molar-refractivity contribution in [1.29, 1.82) is 5.41 Å². The van der Waals surface area contributed by atoms with E-state index in [0.717, 1.165) is 4.68 Å². The van der Waals surface area contributed by atoms with Crippen LogP contribution >= 0.6 is 0 Å². The molecule has 0 spiro atoms. The quantitative estimate of drug-likeness (QED) is 0.0899. The molecule has 4 aromatic rings. The van der Waals surface area contributed by atoms with Gasteiger partial charge in [0, 0.05) is 31.1 Å². The number of alkyl halides is 1. The number of aromatic amines is 1. The Hall–Kier alpha value is -5.80. The van der Waals surface area contributed by atoms with Gasteiger partial charge in [0.2, 0.25) is 0 Å². The van der Waals surface area contributed by atoms with E-state index in [-0.39, 0.29) is 59.3 Å². The van der Waals surface area contributed by atoms with Crippen LogP contribution in [0.4, 0.5) is 15.8 Å². The number of anilines is 2. The van der Waals surface area contributed by atoms with Crippen molar-refractivity contribution in [1.82, 2.24) is 24.7 Å². The molecule has 0 saturated heterocycles. The minimum atomic E-state index is -0.950. The zero-order valence-corrected chi connectivity index (χ0v) is 23.0. The van der Waals surface area contributed by atoms with Gasteiger partial charge in [0.1, 0.15) is 24.3 Å². The van der Waals surface area contributed by atoms with Crippen LogP contribution in [0.5, 0.6) is 17.2 Å². The van der Waals surface area contributed by atoms with Crippen molar-refractivity contribution in [2.24, 2.45) is 5.73 Å². The van der Waals surface area contributed by atoms with Crippen LogP contribution in [0.2, 0.25) is 0 Å². The Bertz CT molecular complexity index is 1760. The van der Waals surface area contributed by atoms with Gasteiger partial charge < -0.3 is 30.2 Å². The number of hydrogen-bond donors (Lipinski definition) is 4. The largest absolute Gasteiger partial charge is 0.493 e. The average molecular weight is 592 g/mol. The summed E-state index contributed by atoms with van der Waals surface area (Å²) in [6.45, 7) is -0.0903. The number of methoxy groups -OCH3 is 1. The van der Waals surface area contributed by atoms with Crippen molar-refractivity contribution in [3.8, 4) is 23.2 Å². The van der Waals surface area contributed by atoms with Crippen molar-refractivity contribution in [3.05, 3.63) is 76.2 Å². The summed E-state index contributed by atoms with van der Waals surface area (Å²) in [6.07, 6.45) is 2.91. The van der Waals surface area contributed by atoms with Gasteiger partial charge >= 0.3 is 11.7 Å². The molecule has 0 saturated carbocycles. The van der Waals surface area contributed by atoms with Crippen LogP contribution in [0, 0.1) is 5.41 Å². The molecule has 1 unspecified atom stereocenters. The SMILES string of the molecule is COc1cc(C(Nc2ccc(C(=N)N)c(OC(C)=O)c2)c2nn(-c3ncccn3)c(=O)[nH]2)cc2c1OCC(=O)N2CCF. The number of ether oxygens (including phenoxy) is 3. The molecule has 1 atom stereocenters. The molecule has 222 valence electrons. The van der Waals surface area contributed by atoms with Crippen molar-refractivity contribution in [3.63, 3.8) is 0 Å². The number of esters is 1. The van der Waals surface area contributed by atoms with E-state index in [9.17, 15) is 18.8 Å². The average Bonchev–Trinajstić information content (AvgIpc) is 3.38. The summed E-state index contributed by atoms with van der Waals surface area (Å²) >= 11 is 0. The number of nitrogens with one attached hydrogen (secondary N) is 3. The van der Waals surface area contributed by atoms with Gasteiger partial charge in [0.15, 0.2) is 23.9 Å². The number of amidine groups is 1. The predicted molar refractivity (Wildman–Crippen MR) is 151 cm³/mol. The lowest BCUT2D eigenvalue weighted by molar-refractivity contribution is -0.131. The number of rotatable bonds is 10. The van der Waals surface area contributed by atoms with Gasteiger partial charge in [-0.15, -0.1) is 9.78 Å². The van der Waals surface area contributed by atoms with Crippen LogP contribution in [0.3, 0.4) is 0 Å². The van der Waals surface area contributed by atoms with Gasteiger partial charge in [-0.05, 0) is 35.9 Å². The summed E-state index contributed by atoms with van der Waals surface area (Å²) < 4.78 is 30.9. The summed E-state index contributed by atoms with van der Waals surface area (Å²) in [7, 11) is 1.41. The Morgan fingerprint density at radius 3 is 2.67 bits per heavy atom. The Morgan fingerprint density at radius 1 is 1.23 bits per heavy atom. The molecule has 0 aliphatic carbocycles. The molecule has 0 fully saturated rings. The maximum Gasteiger partial charge on any atom is 0.350 e. The van der Waals surface area contributed by atoms with Gasteiger partial charge in [-0.25, -0.2) is 19.2 Å². The van der Waals surface area contributed by atoms with E-state index in [1.807, 2.05) is 0 Å². The van der Waals surface area contributed by atoms with Gasteiger partial charge in [0.05, 0.1) is 24.9 Å². The molecular weight excluding hydrogens is 565 g/mol. The number of amides is 1. The number of carbonyl (C=O) groups excluding carboxylic acids is 2. The Morgan fingerprint density at radius 2 is 2.00 bits per heavy atom. The lowest BCUT2D eigenvalue weighted by Crippen LogP contribution is -2.40. The van der Waals surface area contributed by atoms with E-state index in [0.29, 0.717) is 11.3 Å². The Kier molecular flexibility index (Phi) is 8.00.